The van der Waals surface area contributed by atoms with Crippen LogP contribution < -0.4 is 9.47 Å². The van der Waals surface area contributed by atoms with Gasteiger partial charge >= 0.3 is 0 Å². The van der Waals surface area contributed by atoms with Gasteiger partial charge in [-0.3, -0.25) is 9.59 Å². The molecule has 0 aliphatic carbocycles. The van der Waals surface area contributed by atoms with Crippen molar-refractivity contribution in [3.8, 4) is 11.5 Å². The van der Waals surface area contributed by atoms with Crippen LogP contribution in [0.25, 0.3) is 0 Å². The molecule has 0 aromatic heterocycles. The molecule has 0 saturated carbocycles. The second kappa shape index (κ2) is 11.0. The quantitative estimate of drug-likeness (QED) is 0.615. The molecule has 32 heavy (non-hydrogen) atoms. The Morgan fingerprint density at radius 2 is 0.969 bits per heavy atom. The van der Waals surface area contributed by atoms with E-state index >= 15 is 0 Å². The minimum Gasteiger partial charge on any atom is -0.493 e. The molecule has 6 heteroatoms. The average Bonchev–Trinajstić information content (AvgIpc) is 2.81. The molecule has 1 heterocycles. The lowest BCUT2D eigenvalue weighted by atomic mass is 10.1. The van der Waals surface area contributed by atoms with Crippen LogP contribution in [0.2, 0.25) is 0 Å². The minimum absolute atomic E-state index is 0.0147. The Labute approximate surface area is 191 Å². The van der Waals surface area contributed by atoms with Gasteiger partial charge in [0.25, 0.3) is 11.8 Å². The third kappa shape index (κ3) is 6.49. The van der Waals surface area contributed by atoms with Crippen LogP contribution in [0.15, 0.2) is 48.5 Å². The molecule has 0 unspecified atom stereocenters. The fourth-order valence-electron chi connectivity index (χ4n) is 3.39. The van der Waals surface area contributed by atoms with E-state index in [9.17, 15) is 9.59 Å². The lowest BCUT2D eigenvalue weighted by Crippen LogP contribution is -2.50. The normalized spacial score (nSPS) is 14.1. The summed E-state index contributed by atoms with van der Waals surface area (Å²) in [5.74, 6) is 2.41. The number of carbonyl (C=O) groups is 2. The molecule has 1 aliphatic rings. The number of rotatable bonds is 8. The van der Waals surface area contributed by atoms with Gasteiger partial charge in [0.15, 0.2) is 0 Å². The van der Waals surface area contributed by atoms with Crippen molar-refractivity contribution in [1.29, 1.82) is 0 Å². The highest BCUT2D eigenvalue weighted by atomic mass is 16.5. The summed E-state index contributed by atoms with van der Waals surface area (Å²) in [5.41, 5.74) is 1.28. The summed E-state index contributed by atoms with van der Waals surface area (Å²) >= 11 is 0. The monoisotopic (exact) mass is 438 g/mol. The van der Waals surface area contributed by atoms with Crippen molar-refractivity contribution in [3.05, 3.63) is 59.7 Å². The number of amides is 2. The van der Waals surface area contributed by atoms with Gasteiger partial charge in [0, 0.05) is 37.3 Å². The Hall–Kier alpha value is -3.02. The molecule has 172 valence electrons. The fourth-order valence-corrected chi connectivity index (χ4v) is 3.39. The van der Waals surface area contributed by atoms with Gasteiger partial charge in [-0.1, -0.05) is 27.7 Å². The van der Waals surface area contributed by atoms with E-state index in [1.165, 1.54) is 0 Å². The van der Waals surface area contributed by atoms with Crippen LogP contribution >= 0.6 is 0 Å². The third-order valence-corrected chi connectivity index (χ3v) is 5.22. The van der Waals surface area contributed by atoms with Crippen LogP contribution in [0.5, 0.6) is 11.5 Å². The van der Waals surface area contributed by atoms with Gasteiger partial charge in [0.05, 0.1) is 13.2 Å². The topological polar surface area (TPSA) is 59.1 Å². The molecular formula is C26H34N2O4. The number of carbonyl (C=O) groups excluding carboxylic acids is 2. The van der Waals surface area contributed by atoms with E-state index in [2.05, 4.69) is 27.7 Å². The van der Waals surface area contributed by atoms with E-state index in [4.69, 9.17) is 9.47 Å². The maximum absolute atomic E-state index is 12.8. The van der Waals surface area contributed by atoms with E-state index in [0.29, 0.717) is 62.4 Å². The summed E-state index contributed by atoms with van der Waals surface area (Å²) in [6, 6.07) is 14.6. The SMILES string of the molecule is CC(C)COc1ccc(C(=O)N2CCN(C(=O)c3ccc(OCC(C)C)cc3)CC2)cc1. The molecule has 1 fully saturated rings. The second-order valence-electron chi connectivity index (χ2n) is 9.04. The van der Waals surface area contributed by atoms with Gasteiger partial charge in [-0.15, -0.1) is 0 Å². The molecule has 6 nitrogen and oxygen atoms in total. The lowest BCUT2D eigenvalue weighted by molar-refractivity contribution is 0.0535. The van der Waals surface area contributed by atoms with E-state index in [0.717, 1.165) is 11.5 Å². The summed E-state index contributed by atoms with van der Waals surface area (Å²) in [4.78, 5) is 29.3. The standard InChI is InChI=1S/C26H34N2O4/c1-19(2)17-31-23-9-5-21(6-10-23)25(29)27-13-15-28(16-14-27)26(30)22-7-11-24(12-8-22)32-18-20(3)4/h5-12,19-20H,13-18H2,1-4H3. The Morgan fingerprint density at radius 3 is 1.25 bits per heavy atom. The fraction of sp³-hybridized carbons (Fsp3) is 0.462. The second-order valence-corrected chi connectivity index (χ2v) is 9.04. The highest BCUT2D eigenvalue weighted by molar-refractivity contribution is 5.96. The van der Waals surface area contributed by atoms with Crippen LogP contribution in [-0.2, 0) is 0 Å². The van der Waals surface area contributed by atoms with E-state index in [-0.39, 0.29) is 11.8 Å². The molecule has 2 aromatic rings. The number of ether oxygens (including phenoxy) is 2. The zero-order chi connectivity index (χ0) is 23.1. The van der Waals surface area contributed by atoms with Crippen molar-refractivity contribution in [3.63, 3.8) is 0 Å². The van der Waals surface area contributed by atoms with Crippen molar-refractivity contribution in [2.75, 3.05) is 39.4 Å². The number of piperazine rings is 1. The van der Waals surface area contributed by atoms with Crippen LogP contribution in [-0.4, -0.2) is 61.0 Å². The van der Waals surface area contributed by atoms with Gasteiger partial charge in [-0.05, 0) is 60.4 Å². The van der Waals surface area contributed by atoms with Gasteiger partial charge in [0.2, 0.25) is 0 Å². The zero-order valence-corrected chi connectivity index (χ0v) is 19.5. The van der Waals surface area contributed by atoms with Crippen LogP contribution in [0.1, 0.15) is 48.4 Å². The lowest BCUT2D eigenvalue weighted by Gasteiger charge is -2.35. The van der Waals surface area contributed by atoms with E-state index < -0.39 is 0 Å². The Bertz CT molecular complexity index is 808. The Balaban J connectivity index is 1.50. The summed E-state index contributed by atoms with van der Waals surface area (Å²) < 4.78 is 11.4. The molecule has 0 atom stereocenters. The van der Waals surface area contributed by atoms with Crippen LogP contribution in [0.4, 0.5) is 0 Å². The minimum atomic E-state index is -0.0147. The Kier molecular flexibility index (Phi) is 8.14. The molecule has 2 aromatic carbocycles. The summed E-state index contributed by atoms with van der Waals surface area (Å²) in [6.45, 7) is 11.8. The van der Waals surface area contributed by atoms with Crippen molar-refractivity contribution < 1.29 is 19.1 Å². The van der Waals surface area contributed by atoms with Crippen LogP contribution in [0.3, 0.4) is 0 Å². The summed E-state index contributed by atoms with van der Waals surface area (Å²) in [6.07, 6.45) is 0. The van der Waals surface area contributed by atoms with Crippen molar-refractivity contribution >= 4 is 11.8 Å². The number of nitrogens with zero attached hydrogens (tertiary/aromatic N) is 2. The van der Waals surface area contributed by atoms with Gasteiger partial charge in [0.1, 0.15) is 11.5 Å². The molecule has 0 spiro atoms. The molecule has 0 radical (unpaired) electrons. The first kappa shape index (κ1) is 23.6. The third-order valence-electron chi connectivity index (χ3n) is 5.22. The van der Waals surface area contributed by atoms with Gasteiger partial charge < -0.3 is 19.3 Å². The molecule has 2 amide bonds. The predicted molar refractivity (Wildman–Crippen MR) is 125 cm³/mol. The average molecular weight is 439 g/mol. The molecule has 1 saturated heterocycles. The predicted octanol–water partition coefficient (Wildman–Crippen LogP) is 4.35. The molecular weight excluding hydrogens is 404 g/mol. The van der Waals surface area contributed by atoms with Gasteiger partial charge in [-0.25, -0.2) is 0 Å². The van der Waals surface area contributed by atoms with Crippen LogP contribution in [0, 0.1) is 11.8 Å². The highest BCUT2D eigenvalue weighted by Crippen LogP contribution is 2.18. The number of hydrogen-bond acceptors (Lipinski definition) is 4. The maximum atomic E-state index is 12.8. The molecule has 0 N–H and O–H groups in total. The number of benzene rings is 2. The summed E-state index contributed by atoms with van der Waals surface area (Å²) in [7, 11) is 0. The van der Waals surface area contributed by atoms with E-state index in [1.807, 2.05) is 24.3 Å². The van der Waals surface area contributed by atoms with E-state index in [1.54, 1.807) is 34.1 Å². The number of hydrogen-bond donors (Lipinski definition) is 0. The molecule has 3 rings (SSSR count). The molecule has 0 bridgehead atoms. The highest BCUT2D eigenvalue weighted by Gasteiger charge is 2.25. The first-order valence-electron chi connectivity index (χ1n) is 11.4. The first-order valence-corrected chi connectivity index (χ1v) is 11.4. The van der Waals surface area contributed by atoms with Gasteiger partial charge in [-0.2, -0.15) is 0 Å². The maximum Gasteiger partial charge on any atom is 0.253 e. The Morgan fingerprint density at radius 1 is 0.656 bits per heavy atom. The molecule has 1 aliphatic heterocycles. The summed E-state index contributed by atoms with van der Waals surface area (Å²) in [5, 5.41) is 0. The first-order chi connectivity index (χ1) is 15.3. The zero-order valence-electron chi connectivity index (χ0n) is 19.5. The van der Waals surface area contributed by atoms with Crippen molar-refractivity contribution in [1.82, 2.24) is 9.80 Å². The van der Waals surface area contributed by atoms with Crippen molar-refractivity contribution in [2.24, 2.45) is 11.8 Å². The smallest absolute Gasteiger partial charge is 0.253 e. The largest absolute Gasteiger partial charge is 0.493 e. The van der Waals surface area contributed by atoms with Crippen molar-refractivity contribution in [2.45, 2.75) is 27.7 Å².